The van der Waals surface area contributed by atoms with Crippen molar-refractivity contribution in [2.75, 3.05) is 52.0 Å². The molecular formula is C36H73F3KNO13S2Si2. The maximum Gasteiger partial charge on any atom is 1.00 e. The van der Waals surface area contributed by atoms with Crippen molar-refractivity contribution in [2.24, 2.45) is 16.2 Å². The summed E-state index contributed by atoms with van der Waals surface area (Å²) >= 11 is 0. The Morgan fingerprint density at radius 2 is 0.948 bits per heavy atom. The van der Waals surface area contributed by atoms with Gasteiger partial charge in [-0.15, -0.1) is 0 Å². The normalized spacial score (nSPS) is 12.9. The fraction of sp³-hybridized carbons (Fsp3) is 0.917. The summed E-state index contributed by atoms with van der Waals surface area (Å²) in [5.74, 6) is -1.82. The van der Waals surface area contributed by atoms with Crippen LogP contribution < -0.4 is 51.4 Å². The summed E-state index contributed by atoms with van der Waals surface area (Å²) in [5.41, 5.74) is -7.31. The molecule has 0 spiro atoms. The number of rotatable bonds is 25. The Morgan fingerprint density at radius 1 is 0.586 bits per heavy atom. The van der Waals surface area contributed by atoms with Crippen LogP contribution in [0.15, 0.2) is 0 Å². The molecule has 0 atom stereocenters. The van der Waals surface area contributed by atoms with Crippen LogP contribution >= 0.6 is 0 Å². The molecule has 0 aliphatic carbocycles. The summed E-state index contributed by atoms with van der Waals surface area (Å²) in [7, 11) is -14.0. The van der Waals surface area contributed by atoms with Gasteiger partial charge in [-0.1, -0.05) is 20.8 Å². The monoisotopic (exact) mass is 943 g/mol. The molecule has 0 fully saturated rings. The summed E-state index contributed by atoms with van der Waals surface area (Å²) in [5, 5.41) is 0. The molecule has 58 heavy (non-hydrogen) atoms. The predicted octanol–water partition coefficient (Wildman–Crippen LogP) is 5.34. The summed E-state index contributed by atoms with van der Waals surface area (Å²) < 4.78 is 113. The molecule has 342 valence electrons. The summed E-state index contributed by atoms with van der Waals surface area (Å²) in [4.78, 5) is 34.9. The second-order valence-electron chi connectivity index (χ2n) is 16.6. The molecule has 0 aromatic rings. The zero-order valence-corrected chi connectivity index (χ0v) is 44.9. The molecule has 0 aromatic carbocycles. The number of hydrogen-bond acceptors (Lipinski definition) is 13. The number of hydrogen-bond donors (Lipinski definition) is 0. The Kier molecular flexibility index (Phi) is 32.8. The van der Waals surface area contributed by atoms with Crippen LogP contribution in [0.2, 0.25) is 38.8 Å². The van der Waals surface area contributed by atoms with Crippen LogP contribution in [0.3, 0.4) is 0 Å². The first kappa shape index (κ1) is 64.6. The van der Waals surface area contributed by atoms with Gasteiger partial charge in [0.05, 0.1) is 59.3 Å². The smallest absolute Gasteiger partial charge is 0.465 e. The van der Waals surface area contributed by atoms with Crippen molar-refractivity contribution in [1.29, 1.82) is 0 Å². The van der Waals surface area contributed by atoms with Crippen molar-refractivity contribution in [3.8, 4) is 0 Å². The van der Waals surface area contributed by atoms with Crippen LogP contribution in [0, 0.1) is 16.2 Å². The first-order valence-corrected chi connectivity index (χ1v) is 28.8. The van der Waals surface area contributed by atoms with Crippen LogP contribution in [0.1, 0.15) is 101 Å². The molecule has 0 aliphatic rings. The van der Waals surface area contributed by atoms with E-state index in [0.29, 0.717) is 46.1 Å². The second kappa shape index (κ2) is 29.4. The van der Waals surface area contributed by atoms with E-state index in [1.807, 2.05) is 52.6 Å². The molecule has 0 saturated heterocycles. The number of esters is 3. The second-order valence-corrected chi connectivity index (χ2v) is 29.3. The molecule has 0 saturated carbocycles. The molecule has 0 radical (unpaired) electrons. The Hall–Kier alpha value is 0.0101. The van der Waals surface area contributed by atoms with E-state index in [1.165, 1.54) is 0 Å². The third-order valence-electron chi connectivity index (χ3n) is 8.37. The van der Waals surface area contributed by atoms with Crippen molar-refractivity contribution in [3.05, 3.63) is 4.13 Å². The van der Waals surface area contributed by atoms with Gasteiger partial charge in [-0.2, -0.15) is 13.2 Å². The minimum Gasteiger partial charge on any atom is -0.465 e. The van der Waals surface area contributed by atoms with E-state index < -0.39 is 64.7 Å². The molecule has 0 aromatic heterocycles. The molecule has 0 bridgehead atoms. The average Bonchev–Trinajstić information content (AvgIpc) is 3.06. The van der Waals surface area contributed by atoms with E-state index in [2.05, 4.69) is 32.7 Å². The van der Waals surface area contributed by atoms with Gasteiger partial charge in [0.25, 0.3) is 0 Å². The average molecular weight is 944 g/mol. The topological polar surface area (TPSA) is 189 Å². The Bertz CT molecular complexity index is 1410. The zero-order valence-electron chi connectivity index (χ0n) is 38.1. The van der Waals surface area contributed by atoms with E-state index in [-0.39, 0.29) is 81.8 Å². The quantitative estimate of drug-likeness (QED) is 0.0494. The molecular weight excluding hydrogens is 871 g/mol. The van der Waals surface area contributed by atoms with Crippen LogP contribution in [0.25, 0.3) is 4.13 Å². The number of alkyl halides is 3. The first-order chi connectivity index (χ1) is 25.6. The number of ether oxygens (including phenoxy) is 5. The van der Waals surface area contributed by atoms with Crippen molar-refractivity contribution >= 4 is 54.6 Å². The molecule has 22 heteroatoms. The number of carbonyl (C=O) groups is 3. The molecule has 0 N–H and O–H groups in total. The first-order valence-electron chi connectivity index (χ1n) is 19.2. The molecule has 0 unspecified atom stereocenters. The predicted molar refractivity (Wildman–Crippen MR) is 220 cm³/mol. The van der Waals surface area contributed by atoms with Gasteiger partial charge in [0.2, 0.25) is 0 Å². The van der Waals surface area contributed by atoms with E-state index in [1.54, 1.807) is 20.8 Å². The summed E-state index contributed by atoms with van der Waals surface area (Å²) in [6.07, 6.45) is 2.60. The van der Waals surface area contributed by atoms with Gasteiger partial charge in [-0.05, 0) is 119 Å². The fourth-order valence-electron chi connectivity index (χ4n) is 3.75. The van der Waals surface area contributed by atoms with Gasteiger partial charge in [-0.25, -0.2) is 16.8 Å². The van der Waals surface area contributed by atoms with Crippen molar-refractivity contribution in [1.82, 2.24) is 0 Å². The summed E-state index contributed by atoms with van der Waals surface area (Å²) in [6.45, 7) is 32.4. The van der Waals surface area contributed by atoms with Gasteiger partial charge < -0.3 is 31.9 Å². The minimum atomic E-state index is -6.11. The molecule has 0 amide bonds. The Morgan fingerprint density at radius 3 is 1.31 bits per heavy atom. The Labute approximate surface area is 392 Å². The third-order valence-corrected chi connectivity index (χ3v) is 17.7. The SMILES string of the molecule is CCC(C)(C)C(=O)OCCCS(=O)(=O)[N-]S(=O)(=O)C(F)(F)F.CCC(C)(C)C(=O)OCCC[Si](C)(C)O[Si](C)(C)C.CCOCCOCCOC(=O)C(C)(C)CC.[K+]. The zero-order chi connectivity index (χ0) is 45.6. The van der Waals surface area contributed by atoms with Crippen molar-refractivity contribution in [3.63, 3.8) is 0 Å². The van der Waals surface area contributed by atoms with E-state index in [4.69, 9.17) is 27.8 Å². The molecule has 0 heterocycles. The fourth-order valence-corrected chi connectivity index (χ4v) is 14.1. The number of sulfonamides is 2. The number of nitrogens with zero attached hydrogens (tertiary/aromatic N) is 1. The molecule has 0 aliphatic heterocycles. The van der Waals surface area contributed by atoms with Gasteiger partial charge in [0.1, 0.15) is 6.61 Å². The number of carbonyl (C=O) groups excluding carboxylic acids is 3. The van der Waals surface area contributed by atoms with Crippen LogP contribution in [0.4, 0.5) is 13.2 Å². The maximum atomic E-state index is 12.0. The molecule has 0 rings (SSSR count). The van der Waals surface area contributed by atoms with Gasteiger partial charge in [0, 0.05) is 12.4 Å². The Balaban J connectivity index is -0.000000379. The van der Waals surface area contributed by atoms with E-state index >= 15 is 0 Å². The minimum absolute atomic E-state index is 0. The van der Waals surface area contributed by atoms with Crippen LogP contribution in [-0.4, -0.2) is 109 Å². The van der Waals surface area contributed by atoms with Gasteiger partial charge in [-0.3, -0.25) is 14.4 Å². The van der Waals surface area contributed by atoms with Crippen molar-refractivity contribution in [2.45, 2.75) is 146 Å². The maximum absolute atomic E-state index is 12.0. The largest absolute Gasteiger partial charge is 1.00 e. The van der Waals surface area contributed by atoms with Gasteiger partial charge in [0.15, 0.2) is 26.7 Å². The van der Waals surface area contributed by atoms with Crippen LogP contribution in [0.5, 0.6) is 0 Å². The third kappa shape index (κ3) is 31.8. The molecule has 14 nitrogen and oxygen atoms in total. The van der Waals surface area contributed by atoms with Gasteiger partial charge >= 0.3 is 74.8 Å². The van der Waals surface area contributed by atoms with Crippen LogP contribution in [-0.2, 0) is 62.2 Å². The standard InChI is InChI=1S/C14H32O3Si2.C12H24O4.C10H17F3NO6S2.K/c1-9-14(2,3)13(15)16-11-10-12-19(7,8)17-18(4,5)6;1-5-12(3,4)11(13)16-10-9-15-8-7-14-6-2;1-4-9(2,3)8(15)20-6-5-7-21(16,17)14-22(18,19)10(11,12)13;/h9-12H2,1-8H3;5-10H2,1-4H3;4-7H2,1-3H3;/q;;-1;+1. The van der Waals surface area contributed by atoms with E-state index in [9.17, 15) is 44.4 Å². The van der Waals surface area contributed by atoms with E-state index in [0.717, 1.165) is 25.3 Å². The summed E-state index contributed by atoms with van der Waals surface area (Å²) in [6, 6.07) is 1.05. The number of halogens is 3. The van der Waals surface area contributed by atoms with Crippen molar-refractivity contribution < 1.29 is 124 Å².